The Morgan fingerprint density at radius 1 is 0.558 bits per heavy atom. The van der Waals surface area contributed by atoms with E-state index < -0.39 is 0 Å². The molecule has 6 heterocycles. The molecule has 0 aliphatic heterocycles. The van der Waals surface area contributed by atoms with Crippen molar-refractivity contribution in [3.63, 3.8) is 0 Å². The molecule has 10 heteroatoms. The first-order valence-electron chi connectivity index (χ1n) is 16.8. The molecular weight excluding hydrogens is 645 g/mol. The second kappa shape index (κ2) is 13.2. The molecule has 0 aliphatic carbocycles. The molecule has 0 saturated heterocycles. The summed E-state index contributed by atoms with van der Waals surface area (Å²) in [6, 6.07) is 45.8. The van der Waals surface area contributed by atoms with Gasteiger partial charge in [-0.3, -0.25) is 29.1 Å². The molecule has 6 aromatic heterocycles. The maximum atomic E-state index is 5.43. The topological polar surface area (TPSA) is 103 Å². The summed E-state index contributed by atoms with van der Waals surface area (Å²) in [4.78, 5) is 36.3. The van der Waals surface area contributed by atoms with E-state index in [1.165, 1.54) is 0 Å². The van der Waals surface area contributed by atoms with Crippen LogP contribution in [0.15, 0.2) is 163 Å². The lowest BCUT2D eigenvalue weighted by molar-refractivity contribution is 0.893. The zero-order valence-corrected chi connectivity index (χ0v) is 27.9. The van der Waals surface area contributed by atoms with Crippen LogP contribution in [0, 0.1) is 0 Å². The first kappa shape index (κ1) is 30.7. The summed E-state index contributed by atoms with van der Waals surface area (Å²) in [6.45, 7) is 4.31. The molecule has 0 amide bonds. The molecule has 52 heavy (non-hydrogen) atoms. The molecule has 0 radical (unpaired) electrons. The molecule has 0 atom stereocenters. The van der Waals surface area contributed by atoms with Gasteiger partial charge < -0.3 is 4.90 Å². The average molecular weight is 675 g/mol. The van der Waals surface area contributed by atoms with E-state index in [0.717, 1.165) is 56.2 Å². The highest BCUT2D eigenvalue weighted by molar-refractivity contribution is 5.85. The second-order valence-corrected chi connectivity index (χ2v) is 12.0. The van der Waals surface area contributed by atoms with Gasteiger partial charge in [0.1, 0.15) is 23.0 Å². The van der Waals surface area contributed by atoms with Crippen molar-refractivity contribution in [2.75, 3.05) is 4.90 Å². The second-order valence-electron chi connectivity index (χ2n) is 12.0. The van der Waals surface area contributed by atoms with Crippen molar-refractivity contribution in [3.05, 3.63) is 164 Å². The smallest absolute Gasteiger partial charge is 0.165 e. The van der Waals surface area contributed by atoms with Gasteiger partial charge in [-0.05, 0) is 79.5 Å². The SMILES string of the molecule is C=Nc1ccccc1N(Cc1ccccn1)c1cc(-n2c(-c3ccccn3)nc3ccccc32)cc(-n2c(-c3ccccn3)nc3ccccc32)n1. The third-order valence-corrected chi connectivity index (χ3v) is 8.85. The number of hydrogen-bond acceptors (Lipinski definition) is 8. The third kappa shape index (κ3) is 5.54. The van der Waals surface area contributed by atoms with Crippen LogP contribution < -0.4 is 4.90 Å². The molecule has 10 nitrogen and oxygen atoms in total. The lowest BCUT2D eigenvalue weighted by atomic mass is 10.2. The summed E-state index contributed by atoms with van der Waals surface area (Å²) in [5, 5.41) is 0. The largest absolute Gasteiger partial charge is 0.318 e. The van der Waals surface area contributed by atoms with E-state index in [-0.39, 0.29) is 0 Å². The van der Waals surface area contributed by atoms with Gasteiger partial charge in [0.05, 0.1) is 51.4 Å². The van der Waals surface area contributed by atoms with Crippen molar-refractivity contribution in [1.29, 1.82) is 0 Å². The number of para-hydroxylation sites is 6. The number of benzene rings is 3. The summed E-state index contributed by atoms with van der Waals surface area (Å²) in [5.41, 5.74) is 8.20. The zero-order chi connectivity index (χ0) is 34.9. The normalized spacial score (nSPS) is 11.2. The van der Waals surface area contributed by atoms with Gasteiger partial charge in [0.2, 0.25) is 0 Å². The molecule has 0 N–H and O–H groups in total. The molecule has 0 spiro atoms. The van der Waals surface area contributed by atoms with Crippen molar-refractivity contribution < 1.29 is 0 Å². The fraction of sp³-hybridized carbons (Fsp3) is 0.0238. The van der Waals surface area contributed by atoms with Crippen LogP contribution in [0.4, 0.5) is 17.2 Å². The van der Waals surface area contributed by atoms with Crippen LogP contribution >= 0.6 is 0 Å². The van der Waals surface area contributed by atoms with Gasteiger partial charge >= 0.3 is 0 Å². The van der Waals surface area contributed by atoms with Crippen molar-refractivity contribution in [3.8, 4) is 34.5 Å². The van der Waals surface area contributed by atoms with E-state index in [9.17, 15) is 0 Å². The number of rotatable bonds is 9. The van der Waals surface area contributed by atoms with Crippen LogP contribution in [0.25, 0.3) is 56.6 Å². The Kier molecular flexibility index (Phi) is 7.78. The van der Waals surface area contributed by atoms with Crippen molar-refractivity contribution in [2.45, 2.75) is 6.54 Å². The van der Waals surface area contributed by atoms with E-state index in [4.69, 9.17) is 29.9 Å². The molecule has 0 aliphatic rings. The van der Waals surface area contributed by atoms with Gasteiger partial charge in [-0.2, -0.15) is 0 Å². The molecule has 0 saturated carbocycles. The van der Waals surface area contributed by atoms with E-state index >= 15 is 0 Å². The van der Waals surface area contributed by atoms with Crippen LogP contribution in [-0.4, -0.2) is 45.8 Å². The Balaban J connectivity index is 1.38. The molecule has 0 unspecified atom stereocenters. The quantitative estimate of drug-likeness (QED) is 0.141. The molecule has 0 fully saturated rings. The highest BCUT2D eigenvalue weighted by Gasteiger charge is 2.24. The average Bonchev–Trinajstić information content (AvgIpc) is 3.81. The van der Waals surface area contributed by atoms with Crippen LogP contribution in [0.1, 0.15) is 5.69 Å². The van der Waals surface area contributed by atoms with Crippen LogP contribution in [0.2, 0.25) is 0 Å². The fourth-order valence-electron chi connectivity index (χ4n) is 6.52. The predicted molar refractivity (Wildman–Crippen MR) is 206 cm³/mol. The lowest BCUT2D eigenvalue weighted by Gasteiger charge is -2.26. The number of hydrogen-bond donors (Lipinski definition) is 0. The van der Waals surface area contributed by atoms with Gasteiger partial charge in [0, 0.05) is 30.7 Å². The van der Waals surface area contributed by atoms with E-state index in [1.54, 1.807) is 18.6 Å². The molecule has 248 valence electrons. The van der Waals surface area contributed by atoms with Gasteiger partial charge in [-0.25, -0.2) is 15.0 Å². The van der Waals surface area contributed by atoms with Gasteiger partial charge in [0.15, 0.2) is 11.6 Å². The Bertz CT molecular complexity index is 2550. The Morgan fingerprint density at radius 2 is 1.13 bits per heavy atom. The number of imidazole rings is 2. The van der Waals surface area contributed by atoms with Crippen LogP contribution in [-0.2, 0) is 6.54 Å². The fourth-order valence-corrected chi connectivity index (χ4v) is 6.52. The minimum atomic E-state index is 0.415. The minimum absolute atomic E-state index is 0.415. The van der Waals surface area contributed by atoms with Gasteiger partial charge in [0.25, 0.3) is 0 Å². The minimum Gasteiger partial charge on any atom is -0.318 e. The number of aliphatic imine (C=N–C) groups is 1. The first-order chi connectivity index (χ1) is 25.7. The standard InChI is InChI=1S/C42H30N10/c1-43-31-15-2-5-20-36(31)50(28-29-14-8-11-23-44-29)39-26-30(51-37-21-6-3-16-32(37)47-41(51)34-18-9-12-24-45-34)27-40(49-39)52-38-22-7-4-17-33(38)48-42(52)35-19-10-13-25-46-35/h2-27H,1,28H2. The molecular formula is C42H30N10. The van der Waals surface area contributed by atoms with Gasteiger partial charge in [-0.15, -0.1) is 0 Å². The van der Waals surface area contributed by atoms with Crippen molar-refractivity contribution in [2.24, 2.45) is 4.99 Å². The molecule has 0 bridgehead atoms. The van der Waals surface area contributed by atoms with Crippen LogP contribution in [0.3, 0.4) is 0 Å². The number of anilines is 2. The highest BCUT2D eigenvalue weighted by atomic mass is 15.2. The summed E-state index contributed by atoms with van der Waals surface area (Å²) >= 11 is 0. The monoisotopic (exact) mass is 674 g/mol. The number of nitrogens with zero attached hydrogens (tertiary/aromatic N) is 10. The number of pyridine rings is 4. The van der Waals surface area contributed by atoms with E-state index in [2.05, 4.69) is 50.0 Å². The number of fused-ring (bicyclic) bond motifs is 2. The maximum Gasteiger partial charge on any atom is 0.165 e. The summed E-state index contributed by atoms with van der Waals surface area (Å²) < 4.78 is 4.21. The predicted octanol–water partition coefficient (Wildman–Crippen LogP) is 8.95. The third-order valence-electron chi connectivity index (χ3n) is 8.85. The molecule has 9 aromatic rings. The molecule has 9 rings (SSSR count). The first-order valence-corrected chi connectivity index (χ1v) is 16.8. The lowest BCUT2D eigenvalue weighted by Crippen LogP contribution is -2.20. The van der Waals surface area contributed by atoms with Crippen molar-refractivity contribution in [1.82, 2.24) is 39.0 Å². The zero-order valence-electron chi connectivity index (χ0n) is 27.9. The number of aromatic nitrogens is 8. The van der Waals surface area contributed by atoms with Crippen molar-refractivity contribution >= 4 is 46.0 Å². The maximum absolute atomic E-state index is 5.43. The Hall–Kier alpha value is -7.33. The van der Waals surface area contributed by atoms with Crippen LogP contribution in [0.5, 0.6) is 0 Å². The van der Waals surface area contributed by atoms with E-state index in [1.807, 2.05) is 115 Å². The van der Waals surface area contributed by atoms with Gasteiger partial charge in [-0.1, -0.05) is 54.6 Å². The Labute approximate surface area is 299 Å². The van der Waals surface area contributed by atoms with E-state index in [0.29, 0.717) is 29.8 Å². The summed E-state index contributed by atoms with van der Waals surface area (Å²) in [5.74, 6) is 2.67. The summed E-state index contributed by atoms with van der Waals surface area (Å²) in [7, 11) is 0. The Morgan fingerprint density at radius 3 is 1.77 bits per heavy atom. The highest BCUT2D eigenvalue weighted by Crippen LogP contribution is 2.38. The molecule has 3 aromatic carbocycles. The summed E-state index contributed by atoms with van der Waals surface area (Å²) in [6.07, 6.45) is 5.36.